The SMILES string of the molecule is CCCN(CCCN1CCCC1)C1COCC1C(=O)O. The van der Waals surface area contributed by atoms with Gasteiger partial charge in [0.15, 0.2) is 0 Å². The third kappa shape index (κ3) is 4.17. The molecular formula is C15H28N2O3. The molecule has 2 rings (SSSR count). The Morgan fingerprint density at radius 3 is 2.70 bits per heavy atom. The van der Waals surface area contributed by atoms with Crippen molar-refractivity contribution in [3.05, 3.63) is 0 Å². The first-order valence-corrected chi connectivity index (χ1v) is 7.99. The summed E-state index contributed by atoms with van der Waals surface area (Å²) in [5.74, 6) is -1.07. The number of hydrogen-bond donors (Lipinski definition) is 1. The molecule has 0 aromatic carbocycles. The second kappa shape index (κ2) is 7.96. The first-order valence-electron chi connectivity index (χ1n) is 7.99. The van der Waals surface area contributed by atoms with Crippen LogP contribution in [0.1, 0.15) is 32.6 Å². The van der Waals surface area contributed by atoms with Crippen LogP contribution in [-0.4, -0.2) is 72.9 Å². The molecule has 0 bridgehead atoms. The van der Waals surface area contributed by atoms with Gasteiger partial charge in [-0.05, 0) is 58.4 Å². The zero-order valence-electron chi connectivity index (χ0n) is 12.6. The van der Waals surface area contributed by atoms with Crippen molar-refractivity contribution in [1.29, 1.82) is 0 Å². The second-order valence-corrected chi connectivity index (χ2v) is 5.99. The number of hydrogen-bond acceptors (Lipinski definition) is 4. The van der Waals surface area contributed by atoms with Crippen molar-refractivity contribution in [2.24, 2.45) is 5.92 Å². The van der Waals surface area contributed by atoms with Gasteiger partial charge in [-0.1, -0.05) is 6.92 Å². The van der Waals surface area contributed by atoms with E-state index in [-0.39, 0.29) is 12.0 Å². The number of aliphatic carboxylic acids is 1. The highest BCUT2D eigenvalue weighted by Gasteiger charge is 2.37. The topological polar surface area (TPSA) is 53.0 Å². The number of ether oxygens (including phenoxy) is 1. The molecule has 2 aliphatic rings. The summed E-state index contributed by atoms with van der Waals surface area (Å²) in [6, 6.07) is 0.0611. The Labute approximate surface area is 121 Å². The van der Waals surface area contributed by atoms with Crippen LogP contribution in [0.5, 0.6) is 0 Å². The van der Waals surface area contributed by atoms with Crippen LogP contribution < -0.4 is 0 Å². The van der Waals surface area contributed by atoms with Crippen LogP contribution in [0.2, 0.25) is 0 Å². The van der Waals surface area contributed by atoms with Gasteiger partial charge in [-0.15, -0.1) is 0 Å². The van der Waals surface area contributed by atoms with Gasteiger partial charge in [0.05, 0.1) is 19.1 Å². The summed E-state index contributed by atoms with van der Waals surface area (Å²) >= 11 is 0. The largest absolute Gasteiger partial charge is 0.481 e. The van der Waals surface area contributed by atoms with Crippen LogP contribution in [-0.2, 0) is 9.53 Å². The fourth-order valence-electron chi connectivity index (χ4n) is 3.37. The van der Waals surface area contributed by atoms with Gasteiger partial charge in [-0.2, -0.15) is 0 Å². The molecule has 2 atom stereocenters. The Bertz CT molecular complexity index is 305. The fourth-order valence-corrected chi connectivity index (χ4v) is 3.37. The summed E-state index contributed by atoms with van der Waals surface area (Å²) in [6.45, 7) is 8.66. The molecule has 116 valence electrons. The summed E-state index contributed by atoms with van der Waals surface area (Å²) in [7, 11) is 0. The minimum absolute atomic E-state index is 0.0611. The Morgan fingerprint density at radius 1 is 1.30 bits per heavy atom. The maximum Gasteiger partial charge on any atom is 0.310 e. The monoisotopic (exact) mass is 284 g/mol. The molecule has 2 heterocycles. The summed E-state index contributed by atoms with van der Waals surface area (Å²) in [5.41, 5.74) is 0. The van der Waals surface area contributed by atoms with Gasteiger partial charge in [-0.25, -0.2) is 0 Å². The van der Waals surface area contributed by atoms with Gasteiger partial charge in [0, 0.05) is 6.04 Å². The number of likely N-dealkylation sites (tertiary alicyclic amines) is 1. The zero-order valence-corrected chi connectivity index (χ0v) is 12.6. The number of carbonyl (C=O) groups is 1. The van der Waals surface area contributed by atoms with Crippen molar-refractivity contribution in [2.75, 3.05) is 45.9 Å². The molecular weight excluding hydrogens is 256 g/mol. The second-order valence-electron chi connectivity index (χ2n) is 5.99. The first kappa shape index (κ1) is 15.7. The predicted octanol–water partition coefficient (Wildman–Crippen LogP) is 1.28. The zero-order chi connectivity index (χ0) is 14.4. The average molecular weight is 284 g/mol. The Balaban J connectivity index is 1.80. The van der Waals surface area contributed by atoms with Crippen molar-refractivity contribution in [2.45, 2.75) is 38.6 Å². The third-order valence-electron chi connectivity index (χ3n) is 4.47. The molecule has 1 N–H and O–H groups in total. The molecule has 2 fully saturated rings. The van der Waals surface area contributed by atoms with E-state index in [9.17, 15) is 9.90 Å². The lowest BCUT2D eigenvalue weighted by molar-refractivity contribution is -0.143. The molecule has 0 aromatic rings. The van der Waals surface area contributed by atoms with Gasteiger partial charge >= 0.3 is 5.97 Å². The Morgan fingerprint density at radius 2 is 2.05 bits per heavy atom. The Hall–Kier alpha value is -0.650. The van der Waals surface area contributed by atoms with E-state index in [1.54, 1.807) is 0 Å². The molecule has 0 amide bonds. The lowest BCUT2D eigenvalue weighted by atomic mass is 10.0. The highest BCUT2D eigenvalue weighted by molar-refractivity contribution is 5.71. The average Bonchev–Trinajstić information content (AvgIpc) is 3.08. The van der Waals surface area contributed by atoms with E-state index in [0.29, 0.717) is 13.2 Å². The smallest absolute Gasteiger partial charge is 0.310 e. The summed E-state index contributed by atoms with van der Waals surface area (Å²) in [4.78, 5) is 16.1. The molecule has 2 unspecified atom stereocenters. The standard InChI is InChI=1S/C15H28N2O3/c1-2-6-17(10-5-9-16-7-3-4-8-16)14-12-20-11-13(14)15(18)19/h13-14H,2-12H2,1H3,(H,18,19). The van der Waals surface area contributed by atoms with Crippen molar-refractivity contribution < 1.29 is 14.6 Å². The normalized spacial score (nSPS) is 27.5. The minimum atomic E-state index is -0.715. The highest BCUT2D eigenvalue weighted by atomic mass is 16.5. The van der Waals surface area contributed by atoms with E-state index in [1.165, 1.54) is 25.9 Å². The lowest BCUT2D eigenvalue weighted by Gasteiger charge is -2.30. The molecule has 5 nitrogen and oxygen atoms in total. The van der Waals surface area contributed by atoms with Gasteiger partial charge in [-0.3, -0.25) is 9.69 Å². The number of nitrogens with zero attached hydrogens (tertiary/aromatic N) is 2. The summed E-state index contributed by atoms with van der Waals surface area (Å²) in [5, 5.41) is 9.28. The molecule has 20 heavy (non-hydrogen) atoms. The van der Waals surface area contributed by atoms with Gasteiger partial charge in [0.2, 0.25) is 0 Å². The van der Waals surface area contributed by atoms with Crippen LogP contribution in [0, 0.1) is 5.92 Å². The maximum atomic E-state index is 11.3. The maximum absolute atomic E-state index is 11.3. The number of rotatable bonds is 8. The molecule has 0 aromatic heterocycles. The Kier molecular flexibility index (Phi) is 6.26. The van der Waals surface area contributed by atoms with E-state index < -0.39 is 5.97 Å². The molecule has 0 aliphatic carbocycles. The van der Waals surface area contributed by atoms with Crippen LogP contribution >= 0.6 is 0 Å². The van der Waals surface area contributed by atoms with E-state index >= 15 is 0 Å². The van der Waals surface area contributed by atoms with Crippen LogP contribution in [0.25, 0.3) is 0 Å². The van der Waals surface area contributed by atoms with Gasteiger partial charge < -0.3 is 14.7 Å². The number of carboxylic acids is 1. The summed E-state index contributed by atoms with van der Waals surface area (Å²) in [6.07, 6.45) is 4.85. The molecule has 0 radical (unpaired) electrons. The quantitative estimate of drug-likeness (QED) is 0.728. The predicted molar refractivity (Wildman–Crippen MR) is 77.9 cm³/mol. The summed E-state index contributed by atoms with van der Waals surface area (Å²) < 4.78 is 5.41. The van der Waals surface area contributed by atoms with E-state index in [4.69, 9.17) is 4.74 Å². The lowest BCUT2D eigenvalue weighted by Crippen LogP contribution is -2.44. The van der Waals surface area contributed by atoms with Crippen molar-refractivity contribution in [3.63, 3.8) is 0 Å². The molecule has 2 aliphatic heterocycles. The van der Waals surface area contributed by atoms with Crippen LogP contribution in [0.4, 0.5) is 0 Å². The van der Waals surface area contributed by atoms with Gasteiger partial charge in [0.1, 0.15) is 0 Å². The van der Waals surface area contributed by atoms with Crippen molar-refractivity contribution in [1.82, 2.24) is 9.80 Å². The van der Waals surface area contributed by atoms with Crippen molar-refractivity contribution in [3.8, 4) is 0 Å². The van der Waals surface area contributed by atoms with E-state index in [1.807, 2.05) is 0 Å². The highest BCUT2D eigenvalue weighted by Crippen LogP contribution is 2.21. The van der Waals surface area contributed by atoms with Crippen LogP contribution in [0.3, 0.4) is 0 Å². The molecule has 0 saturated carbocycles. The minimum Gasteiger partial charge on any atom is -0.481 e. The van der Waals surface area contributed by atoms with Gasteiger partial charge in [0.25, 0.3) is 0 Å². The molecule has 2 saturated heterocycles. The van der Waals surface area contributed by atoms with E-state index in [0.717, 1.165) is 32.5 Å². The van der Waals surface area contributed by atoms with E-state index in [2.05, 4.69) is 16.7 Å². The first-order chi connectivity index (χ1) is 9.72. The van der Waals surface area contributed by atoms with Crippen LogP contribution in [0.15, 0.2) is 0 Å². The molecule has 0 spiro atoms. The van der Waals surface area contributed by atoms with Crippen molar-refractivity contribution >= 4 is 5.97 Å². The third-order valence-corrected chi connectivity index (χ3v) is 4.47. The molecule has 5 heteroatoms. The number of carboxylic acid groups (broad SMARTS) is 1. The fraction of sp³-hybridized carbons (Fsp3) is 0.933.